The van der Waals surface area contributed by atoms with Gasteiger partial charge in [-0.2, -0.15) is 0 Å². The molecule has 1 aliphatic rings. The van der Waals surface area contributed by atoms with Crippen molar-refractivity contribution in [1.29, 1.82) is 0 Å². The average Bonchev–Trinajstić information content (AvgIpc) is 2.92. The van der Waals surface area contributed by atoms with Crippen molar-refractivity contribution in [1.82, 2.24) is 4.90 Å². The topological polar surface area (TPSA) is 64.8 Å². The Bertz CT molecular complexity index is 397. The van der Waals surface area contributed by atoms with Gasteiger partial charge in [-0.3, -0.25) is 0 Å². The summed E-state index contributed by atoms with van der Waals surface area (Å²) in [5.74, 6) is 0. The molecule has 0 saturated carbocycles. The van der Waals surface area contributed by atoms with E-state index in [0.29, 0.717) is 32.8 Å². The lowest BCUT2D eigenvalue weighted by Gasteiger charge is -2.16. The van der Waals surface area contributed by atoms with Crippen LogP contribution in [0.15, 0.2) is 30.3 Å². The first-order valence-electron chi connectivity index (χ1n) is 6.57. The van der Waals surface area contributed by atoms with Crippen molar-refractivity contribution in [3.8, 4) is 0 Å². The standard InChI is InChI=1S/C14H20N2O3/c15-7-9-18-13-6-8-16(10-13)14(17)19-11-12-4-2-1-3-5-12/h1-5,13H,6-11,15H2/t13-/m1/s1. The van der Waals surface area contributed by atoms with Crippen molar-refractivity contribution in [2.75, 3.05) is 26.2 Å². The number of likely N-dealkylation sites (tertiary alicyclic amines) is 1. The van der Waals surface area contributed by atoms with Crippen LogP contribution < -0.4 is 5.73 Å². The number of nitrogens with zero attached hydrogens (tertiary/aromatic N) is 1. The van der Waals surface area contributed by atoms with Gasteiger partial charge in [-0.15, -0.1) is 0 Å². The van der Waals surface area contributed by atoms with Crippen molar-refractivity contribution in [3.05, 3.63) is 35.9 Å². The van der Waals surface area contributed by atoms with Crippen LogP contribution >= 0.6 is 0 Å². The molecule has 2 rings (SSSR count). The molecule has 2 N–H and O–H groups in total. The maximum Gasteiger partial charge on any atom is 0.410 e. The molecule has 1 atom stereocenters. The maximum absolute atomic E-state index is 11.9. The van der Waals surface area contributed by atoms with Gasteiger partial charge in [-0.25, -0.2) is 4.79 Å². The van der Waals surface area contributed by atoms with Crippen molar-refractivity contribution in [2.45, 2.75) is 19.1 Å². The number of nitrogens with two attached hydrogens (primary N) is 1. The zero-order valence-electron chi connectivity index (χ0n) is 11.0. The minimum Gasteiger partial charge on any atom is -0.445 e. The molecule has 104 valence electrons. The minimum atomic E-state index is -0.275. The molecule has 0 aliphatic carbocycles. The number of hydrogen-bond donors (Lipinski definition) is 1. The Kier molecular flexibility index (Phi) is 5.18. The molecule has 1 saturated heterocycles. The van der Waals surface area contributed by atoms with Gasteiger partial charge in [-0.1, -0.05) is 30.3 Å². The number of amides is 1. The predicted molar refractivity (Wildman–Crippen MR) is 71.6 cm³/mol. The lowest BCUT2D eigenvalue weighted by molar-refractivity contribution is 0.0585. The lowest BCUT2D eigenvalue weighted by Crippen LogP contribution is -2.31. The van der Waals surface area contributed by atoms with Gasteiger partial charge in [0, 0.05) is 13.1 Å². The second-order valence-corrected chi connectivity index (χ2v) is 4.56. The first kappa shape index (κ1) is 13.8. The normalized spacial score (nSPS) is 18.6. The van der Waals surface area contributed by atoms with Crippen molar-refractivity contribution < 1.29 is 14.3 Å². The van der Waals surface area contributed by atoms with E-state index in [2.05, 4.69) is 0 Å². The van der Waals surface area contributed by atoms with E-state index < -0.39 is 0 Å². The fraction of sp³-hybridized carbons (Fsp3) is 0.500. The molecule has 5 nitrogen and oxygen atoms in total. The molecule has 19 heavy (non-hydrogen) atoms. The number of carbonyl (C=O) groups is 1. The number of carbonyl (C=O) groups excluding carboxylic acids is 1. The zero-order chi connectivity index (χ0) is 13.5. The van der Waals surface area contributed by atoms with Gasteiger partial charge in [0.1, 0.15) is 6.61 Å². The lowest BCUT2D eigenvalue weighted by atomic mass is 10.2. The van der Waals surface area contributed by atoms with Crippen molar-refractivity contribution in [3.63, 3.8) is 0 Å². The highest BCUT2D eigenvalue weighted by Gasteiger charge is 2.27. The average molecular weight is 264 g/mol. The van der Waals surface area contributed by atoms with E-state index in [4.69, 9.17) is 15.2 Å². The summed E-state index contributed by atoms with van der Waals surface area (Å²) in [6.07, 6.45) is 0.663. The quantitative estimate of drug-likeness (QED) is 0.872. The van der Waals surface area contributed by atoms with Gasteiger partial charge in [0.2, 0.25) is 0 Å². The fourth-order valence-corrected chi connectivity index (χ4v) is 2.08. The molecule has 0 unspecified atom stereocenters. The van der Waals surface area contributed by atoms with Gasteiger partial charge < -0.3 is 20.1 Å². The SMILES string of the molecule is NCCO[C@@H]1CCN(C(=O)OCc2ccccc2)C1. The Balaban J connectivity index is 1.72. The van der Waals surface area contributed by atoms with E-state index in [-0.39, 0.29) is 12.2 Å². The second kappa shape index (κ2) is 7.11. The molecule has 5 heteroatoms. The van der Waals surface area contributed by atoms with Crippen LogP contribution in [0.5, 0.6) is 0 Å². The Labute approximate surface area is 113 Å². The highest BCUT2D eigenvalue weighted by Crippen LogP contribution is 2.14. The van der Waals surface area contributed by atoms with Gasteiger partial charge in [0.25, 0.3) is 0 Å². The van der Waals surface area contributed by atoms with Crippen molar-refractivity contribution >= 4 is 6.09 Å². The summed E-state index contributed by atoms with van der Waals surface area (Å²) in [6.45, 7) is 2.63. The summed E-state index contributed by atoms with van der Waals surface area (Å²) >= 11 is 0. The summed E-state index contributed by atoms with van der Waals surface area (Å²) in [7, 11) is 0. The summed E-state index contributed by atoms with van der Waals surface area (Å²) in [5.41, 5.74) is 6.37. The third-order valence-corrected chi connectivity index (χ3v) is 3.08. The Hall–Kier alpha value is -1.59. The monoisotopic (exact) mass is 264 g/mol. The molecule has 1 heterocycles. The summed E-state index contributed by atoms with van der Waals surface area (Å²) in [5, 5.41) is 0. The highest BCUT2D eigenvalue weighted by atomic mass is 16.6. The first-order valence-corrected chi connectivity index (χ1v) is 6.57. The molecule has 1 amide bonds. The zero-order valence-corrected chi connectivity index (χ0v) is 11.0. The molecule has 1 aromatic rings. The van der Waals surface area contributed by atoms with Crippen LogP contribution in [0.25, 0.3) is 0 Å². The van der Waals surface area contributed by atoms with Crippen LogP contribution in [0.1, 0.15) is 12.0 Å². The molecular weight excluding hydrogens is 244 g/mol. The highest BCUT2D eigenvalue weighted by molar-refractivity contribution is 5.68. The molecule has 0 aromatic heterocycles. The number of hydrogen-bond acceptors (Lipinski definition) is 4. The third-order valence-electron chi connectivity index (χ3n) is 3.08. The van der Waals surface area contributed by atoms with E-state index in [1.807, 2.05) is 30.3 Å². The minimum absolute atomic E-state index is 0.0906. The molecule has 1 aromatic carbocycles. The number of ether oxygens (including phenoxy) is 2. The van der Waals surface area contributed by atoms with E-state index in [9.17, 15) is 4.79 Å². The number of rotatable bonds is 5. The largest absolute Gasteiger partial charge is 0.445 e. The molecular formula is C14H20N2O3. The Morgan fingerprint density at radius 1 is 1.37 bits per heavy atom. The van der Waals surface area contributed by atoms with E-state index >= 15 is 0 Å². The van der Waals surface area contributed by atoms with Crippen LogP contribution in [0.3, 0.4) is 0 Å². The van der Waals surface area contributed by atoms with Crippen molar-refractivity contribution in [2.24, 2.45) is 5.73 Å². The van der Waals surface area contributed by atoms with Crippen LogP contribution in [0.2, 0.25) is 0 Å². The molecule has 1 aliphatic heterocycles. The molecule has 0 spiro atoms. The van der Waals surface area contributed by atoms with Crippen LogP contribution in [0.4, 0.5) is 4.79 Å². The van der Waals surface area contributed by atoms with E-state index in [1.165, 1.54) is 0 Å². The summed E-state index contributed by atoms with van der Waals surface area (Å²) < 4.78 is 10.8. The Morgan fingerprint density at radius 3 is 2.89 bits per heavy atom. The summed E-state index contributed by atoms with van der Waals surface area (Å²) in [4.78, 5) is 13.5. The first-order chi connectivity index (χ1) is 9.29. The third kappa shape index (κ3) is 4.22. The van der Waals surface area contributed by atoms with Gasteiger partial charge in [0.15, 0.2) is 0 Å². The van der Waals surface area contributed by atoms with Crippen LogP contribution in [0, 0.1) is 0 Å². The molecule has 0 radical (unpaired) electrons. The van der Waals surface area contributed by atoms with Gasteiger partial charge >= 0.3 is 6.09 Å². The summed E-state index contributed by atoms with van der Waals surface area (Å²) in [6, 6.07) is 9.66. The molecule has 0 bridgehead atoms. The van der Waals surface area contributed by atoms with Gasteiger partial charge in [0.05, 0.1) is 19.3 Å². The number of benzene rings is 1. The van der Waals surface area contributed by atoms with Gasteiger partial charge in [-0.05, 0) is 12.0 Å². The fourth-order valence-electron chi connectivity index (χ4n) is 2.08. The van der Waals surface area contributed by atoms with E-state index in [0.717, 1.165) is 12.0 Å². The maximum atomic E-state index is 11.9. The smallest absolute Gasteiger partial charge is 0.410 e. The Morgan fingerprint density at radius 2 is 2.16 bits per heavy atom. The van der Waals surface area contributed by atoms with E-state index in [1.54, 1.807) is 4.90 Å². The second-order valence-electron chi connectivity index (χ2n) is 4.56. The predicted octanol–water partition coefficient (Wildman–Crippen LogP) is 1.37. The molecule has 1 fully saturated rings. The van der Waals surface area contributed by atoms with Crippen LogP contribution in [-0.4, -0.2) is 43.3 Å². The van der Waals surface area contributed by atoms with Crippen LogP contribution in [-0.2, 0) is 16.1 Å².